The first-order chi connectivity index (χ1) is 29.6. The molecule has 290 valence electrons. The first-order valence-electron chi connectivity index (χ1n) is 22.0. The summed E-state index contributed by atoms with van der Waals surface area (Å²) in [5.41, 5.74) is 21.6. The Morgan fingerprint density at radius 1 is 0.262 bits per heavy atom. The highest BCUT2D eigenvalue weighted by Crippen LogP contribution is 2.60. The van der Waals surface area contributed by atoms with Crippen LogP contribution >= 0.6 is 0 Å². The highest BCUT2D eigenvalue weighted by molar-refractivity contribution is 6.26. The van der Waals surface area contributed by atoms with E-state index < -0.39 is 0 Å². The molecule has 0 aliphatic heterocycles. The molecule has 0 nitrogen and oxygen atoms in total. The van der Waals surface area contributed by atoms with E-state index in [1.54, 1.807) is 0 Å². The summed E-state index contributed by atoms with van der Waals surface area (Å²) in [6, 6.07) is 65.1. The third-order valence-corrected chi connectivity index (χ3v) is 15.4. The molecule has 13 rings (SSSR count). The maximum Gasteiger partial charge on any atom is 0.0159 e. The molecule has 0 saturated heterocycles. The van der Waals surface area contributed by atoms with Gasteiger partial charge < -0.3 is 0 Å². The molecular weight excluding hydrogens is 733 g/mol. The van der Waals surface area contributed by atoms with Gasteiger partial charge in [-0.05, 0) is 144 Å². The van der Waals surface area contributed by atoms with E-state index >= 15 is 0 Å². The molecular formula is C61H46. The molecule has 0 heteroatoms. The molecule has 0 unspecified atom stereocenters. The lowest BCUT2D eigenvalue weighted by Gasteiger charge is -2.26. The number of hydrogen-bond acceptors (Lipinski definition) is 0. The molecule has 0 bridgehead atoms. The van der Waals surface area contributed by atoms with Crippen LogP contribution < -0.4 is 0 Å². The zero-order valence-electron chi connectivity index (χ0n) is 35.7. The van der Waals surface area contributed by atoms with Crippen LogP contribution in [0.4, 0.5) is 0 Å². The van der Waals surface area contributed by atoms with Crippen LogP contribution in [0.2, 0.25) is 0 Å². The minimum atomic E-state index is -0.170. The van der Waals surface area contributed by atoms with Crippen LogP contribution in [-0.4, -0.2) is 0 Å². The van der Waals surface area contributed by atoms with Crippen LogP contribution in [0.5, 0.6) is 0 Å². The molecule has 3 aliphatic carbocycles. The molecule has 0 N–H and O–H groups in total. The zero-order chi connectivity index (χ0) is 41.2. The van der Waals surface area contributed by atoms with Crippen molar-refractivity contribution in [1.29, 1.82) is 0 Å². The summed E-state index contributed by atoms with van der Waals surface area (Å²) in [6.07, 6.45) is 0. The smallest absolute Gasteiger partial charge is 0.0159 e. The van der Waals surface area contributed by atoms with Gasteiger partial charge in [-0.3, -0.25) is 0 Å². The van der Waals surface area contributed by atoms with Gasteiger partial charge in [0.15, 0.2) is 0 Å². The molecule has 0 spiro atoms. The zero-order valence-corrected chi connectivity index (χ0v) is 35.7. The van der Waals surface area contributed by atoms with Crippen LogP contribution in [0.15, 0.2) is 170 Å². The molecule has 3 aliphatic rings. The molecule has 0 radical (unpaired) electrons. The summed E-state index contributed by atoms with van der Waals surface area (Å²) >= 11 is 0. The Bertz CT molecular complexity index is 3530. The van der Waals surface area contributed by atoms with Crippen molar-refractivity contribution >= 4 is 43.1 Å². The topological polar surface area (TPSA) is 0 Å². The van der Waals surface area contributed by atoms with Gasteiger partial charge in [0, 0.05) is 16.2 Å². The van der Waals surface area contributed by atoms with Crippen molar-refractivity contribution in [3.8, 4) is 55.6 Å². The molecule has 10 aromatic carbocycles. The average molecular weight is 779 g/mol. The van der Waals surface area contributed by atoms with E-state index in [4.69, 9.17) is 0 Å². The predicted molar refractivity (Wildman–Crippen MR) is 260 cm³/mol. The van der Waals surface area contributed by atoms with Crippen LogP contribution in [0.1, 0.15) is 74.9 Å². The quantitative estimate of drug-likeness (QED) is 0.153. The van der Waals surface area contributed by atoms with E-state index in [0.29, 0.717) is 0 Å². The summed E-state index contributed by atoms with van der Waals surface area (Å²) < 4.78 is 0. The van der Waals surface area contributed by atoms with E-state index in [1.165, 1.54) is 132 Å². The Morgan fingerprint density at radius 3 is 1.39 bits per heavy atom. The maximum atomic E-state index is 2.59. The summed E-state index contributed by atoms with van der Waals surface area (Å²) in [5, 5.41) is 10.5. The van der Waals surface area contributed by atoms with Gasteiger partial charge in [-0.1, -0.05) is 199 Å². The molecule has 0 amide bonds. The van der Waals surface area contributed by atoms with E-state index in [-0.39, 0.29) is 16.2 Å². The molecule has 0 saturated carbocycles. The van der Waals surface area contributed by atoms with Gasteiger partial charge >= 0.3 is 0 Å². The van der Waals surface area contributed by atoms with Gasteiger partial charge in [0.2, 0.25) is 0 Å². The summed E-state index contributed by atoms with van der Waals surface area (Å²) in [6.45, 7) is 14.5. The molecule has 10 aromatic rings. The van der Waals surface area contributed by atoms with Crippen molar-refractivity contribution in [3.63, 3.8) is 0 Å². The highest BCUT2D eigenvalue weighted by Gasteiger charge is 2.42. The minimum Gasteiger partial charge on any atom is -0.0619 e. The summed E-state index contributed by atoms with van der Waals surface area (Å²) in [5.74, 6) is 0. The number of hydrogen-bond donors (Lipinski definition) is 0. The van der Waals surface area contributed by atoms with E-state index in [2.05, 4.69) is 211 Å². The van der Waals surface area contributed by atoms with Gasteiger partial charge in [-0.25, -0.2) is 0 Å². The molecule has 0 fully saturated rings. The first-order valence-corrected chi connectivity index (χ1v) is 22.0. The number of fused-ring (bicyclic) bond motifs is 16. The van der Waals surface area contributed by atoms with Crippen molar-refractivity contribution < 1.29 is 0 Å². The lowest BCUT2D eigenvalue weighted by Crippen LogP contribution is -2.15. The Hall–Kier alpha value is -6.76. The van der Waals surface area contributed by atoms with Gasteiger partial charge in [0.25, 0.3) is 0 Å². The van der Waals surface area contributed by atoms with Gasteiger partial charge in [0.1, 0.15) is 0 Å². The molecule has 61 heavy (non-hydrogen) atoms. The maximum absolute atomic E-state index is 2.59. The minimum absolute atomic E-state index is 0.101. The molecule has 0 heterocycles. The van der Waals surface area contributed by atoms with Crippen LogP contribution in [0, 0.1) is 0 Å². The Morgan fingerprint density at radius 2 is 0.738 bits per heavy atom. The van der Waals surface area contributed by atoms with E-state index in [0.717, 1.165) is 0 Å². The van der Waals surface area contributed by atoms with Gasteiger partial charge in [-0.2, -0.15) is 0 Å². The lowest BCUT2D eigenvalue weighted by molar-refractivity contribution is 0.660. The largest absolute Gasteiger partial charge is 0.0619 e. The normalized spacial score (nSPS) is 15.8. The Labute approximate surface area is 358 Å². The molecule has 0 aromatic heterocycles. The molecule has 0 atom stereocenters. The number of benzene rings is 10. The number of rotatable bonds is 2. The third kappa shape index (κ3) is 4.35. The van der Waals surface area contributed by atoms with Crippen LogP contribution in [-0.2, 0) is 16.2 Å². The van der Waals surface area contributed by atoms with Crippen molar-refractivity contribution in [2.24, 2.45) is 0 Å². The monoisotopic (exact) mass is 778 g/mol. The lowest BCUT2D eigenvalue weighted by atomic mass is 9.77. The van der Waals surface area contributed by atoms with Crippen LogP contribution in [0.25, 0.3) is 98.7 Å². The van der Waals surface area contributed by atoms with E-state index in [9.17, 15) is 0 Å². The standard InChI is InChI=1S/C61H46/c1-59(2)47-25-15-13-23-43(47)56-50(59)32-30-42-46(34-52-57(58(42)56)44-24-14-16-26-48(44)60(52,3)4)54-40-21-11-9-19-38(40)53(39-20-10-12-22-41(39)54)36-27-29-45-51(33-36)61(5,6)49-31-28-35-17-7-8-18-37(35)55(45)49/h7-34H,1-6H3. The second kappa shape index (κ2) is 11.7. The third-order valence-electron chi connectivity index (χ3n) is 15.4. The second-order valence-corrected chi connectivity index (χ2v) is 19.5. The van der Waals surface area contributed by atoms with E-state index in [1.807, 2.05) is 0 Å². The highest BCUT2D eigenvalue weighted by atomic mass is 14.4. The first kappa shape index (κ1) is 35.0. The van der Waals surface area contributed by atoms with Crippen molar-refractivity contribution in [3.05, 3.63) is 203 Å². The average Bonchev–Trinajstić information content (AvgIpc) is 3.77. The summed E-state index contributed by atoms with van der Waals surface area (Å²) in [7, 11) is 0. The Balaban J connectivity index is 1.14. The van der Waals surface area contributed by atoms with Crippen molar-refractivity contribution in [2.75, 3.05) is 0 Å². The van der Waals surface area contributed by atoms with Crippen LogP contribution in [0.3, 0.4) is 0 Å². The van der Waals surface area contributed by atoms with Gasteiger partial charge in [-0.15, -0.1) is 0 Å². The fourth-order valence-electron chi connectivity index (χ4n) is 12.5. The van der Waals surface area contributed by atoms with Gasteiger partial charge in [0.05, 0.1) is 0 Å². The Kier molecular flexibility index (Phi) is 6.74. The fourth-order valence-corrected chi connectivity index (χ4v) is 12.5. The van der Waals surface area contributed by atoms with Crippen molar-refractivity contribution in [1.82, 2.24) is 0 Å². The summed E-state index contributed by atoms with van der Waals surface area (Å²) in [4.78, 5) is 0. The van der Waals surface area contributed by atoms with Crippen molar-refractivity contribution in [2.45, 2.75) is 57.8 Å². The SMILES string of the molecule is CC1(C)c2cc(-c3c4ccccc4c(-c4cc5c(c6c7c(ccc46)C(C)(C)c4ccccc4-7)-c4ccccc4C5(C)C)c4ccccc34)ccc2-c2c1ccc1ccccc21. The second-order valence-electron chi connectivity index (χ2n) is 19.5. The predicted octanol–water partition coefficient (Wildman–Crippen LogP) is 16.6. The fraction of sp³-hybridized carbons (Fsp3) is 0.148.